The summed E-state index contributed by atoms with van der Waals surface area (Å²) in [5, 5.41) is 0. The van der Waals surface area contributed by atoms with Crippen LogP contribution in [0.5, 0.6) is 0 Å². The molecule has 0 aliphatic carbocycles. The molecule has 0 unspecified atom stereocenters. The van der Waals surface area contributed by atoms with Gasteiger partial charge in [-0.25, -0.2) is 9.59 Å². The van der Waals surface area contributed by atoms with Crippen LogP contribution in [0.1, 0.15) is 0 Å². The van der Waals surface area contributed by atoms with Crippen LogP contribution in [0.25, 0.3) is 0 Å². The Morgan fingerprint density at radius 2 is 1.31 bits per heavy atom. The number of alkyl halides is 1. The summed E-state index contributed by atoms with van der Waals surface area (Å²) in [6.07, 6.45) is 11.1. The van der Waals surface area contributed by atoms with E-state index in [9.17, 15) is 14.0 Å². The fourth-order valence-electron chi connectivity index (χ4n) is 0.219. The number of hydrogen-bond acceptors (Lipinski definition) is 4. The van der Waals surface area contributed by atoms with E-state index in [2.05, 4.69) is 35.5 Å². The second-order valence-electron chi connectivity index (χ2n) is 1.43. The van der Waals surface area contributed by atoms with E-state index < -0.39 is 11.9 Å². The molecule has 0 fully saturated rings. The van der Waals surface area contributed by atoms with Gasteiger partial charge in [-0.1, -0.05) is 13.2 Å². The van der Waals surface area contributed by atoms with Crippen molar-refractivity contribution >= 4 is 11.9 Å². The van der Waals surface area contributed by atoms with Crippen molar-refractivity contribution in [2.24, 2.45) is 0 Å². The average molecular weight is 226 g/mol. The smallest absolute Gasteiger partial charge is 0.388 e. The maximum absolute atomic E-state index is 9.88. The van der Waals surface area contributed by atoms with E-state index >= 15 is 0 Å². The fraction of sp³-hybridized carbons (Fsp3) is 0.0909. The van der Waals surface area contributed by atoms with Crippen molar-refractivity contribution in [2.45, 2.75) is 0 Å². The molecular formula is C11H11FO4. The Kier molecular flexibility index (Phi) is 21.8. The molecule has 0 aromatic heterocycles. The Morgan fingerprint density at radius 1 is 1.06 bits per heavy atom. The van der Waals surface area contributed by atoms with Crippen molar-refractivity contribution in [3.8, 4) is 24.7 Å². The van der Waals surface area contributed by atoms with E-state index in [0.717, 1.165) is 12.5 Å². The summed E-state index contributed by atoms with van der Waals surface area (Å²) in [5.41, 5.74) is 0. The topological polar surface area (TPSA) is 52.6 Å². The SMILES string of the molecule is C#CC(=O)OC=C.C#CC(=O)OC=C.CF. The standard InChI is InChI=1S/2C5H4O2.CH3F/c2*1-3-5(6)7-4-2;1-2/h2*1,4H,2H2;1H3. The van der Waals surface area contributed by atoms with Crippen LogP contribution in [0, 0.1) is 24.7 Å². The van der Waals surface area contributed by atoms with Crippen molar-refractivity contribution in [2.75, 3.05) is 7.18 Å². The molecule has 0 saturated heterocycles. The van der Waals surface area contributed by atoms with Gasteiger partial charge in [0.15, 0.2) is 0 Å². The molecule has 0 heterocycles. The number of halogens is 1. The van der Waals surface area contributed by atoms with Gasteiger partial charge in [-0.3, -0.25) is 4.39 Å². The third-order valence-electron chi connectivity index (χ3n) is 0.616. The van der Waals surface area contributed by atoms with Gasteiger partial charge in [-0.15, -0.1) is 12.8 Å². The highest BCUT2D eigenvalue weighted by atomic mass is 19.1. The Bertz CT molecular complexity index is 275. The predicted molar refractivity (Wildman–Crippen MR) is 57.3 cm³/mol. The Balaban J connectivity index is -0.000000183. The lowest BCUT2D eigenvalue weighted by molar-refractivity contribution is -0.132. The van der Waals surface area contributed by atoms with Gasteiger partial charge in [0.25, 0.3) is 0 Å². The van der Waals surface area contributed by atoms with E-state index in [4.69, 9.17) is 0 Å². The molecule has 0 aliphatic rings. The third-order valence-corrected chi connectivity index (χ3v) is 0.616. The van der Waals surface area contributed by atoms with Crippen LogP contribution in [0.2, 0.25) is 0 Å². The zero-order chi connectivity index (χ0) is 13.4. The monoisotopic (exact) mass is 226 g/mol. The highest BCUT2D eigenvalue weighted by molar-refractivity contribution is 5.88. The lowest BCUT2D eigenvalue weighted by Gasteiger charge is -1.82. The summed E-state index contributed by atoms with van der Waals surface area (Å²) in [4.78, 5) is 19.8. The molecule has 0 radical (unpaired) electrons. The molecule has 0 atom stereocenters. The molecule has 0 rings (SSSR count). The van der Waals surface area contributed by atoms with Gasteiger partial charge in [-0.05, 0) is 0 Å². The molecule has 86 valence electrons. The molecule has 0 spiro atoms. The number of ether oxygens (including phenoxy) is 2. The van der Waals surface area contributed by atoms with Crippen LogP contribution in [0.15, 0.2) is 25.7 Å². The van der Waals surface area contributed by atoms with Crippen LogP contribution in [-0.4, -0.2) is 19.1 Å². The second kappa shape index (κ2) is 18.3. The van der Waals surface area contributed by atoms with Crippen molar-refractivity contribution in [3.05, 3.63) is 25.7 Å². The minimum atomic E-state index is -0.713. The van der Waals surface area contributed by atoms with Crippen molar-refractivity contribution in [1.29, 1.82) is 0 Å². The highest BCUT2D eigenvalue weighted by Crippen LogP contribution is 1.71. The maximum atomic E-state index is 9.88. The fourth-order valence-corrected chi connectivity index (χ4v) is 0.219. The molecule has 5 heteroatoms. The molecule has 4 nitrogen and oxygen atoms in total. The minimum absolute atomic E-state index is 0.500. The number of terminal acetylenes is 2. The first kappa shape index (κ1) is 19.1. The Hall–Kier alpha value is -2.53. The number of rotatable bonds is 2. The first-order chi connectivity index (χ1) is 7.62. The lowest BCUT2D eigenvalue weighted by Crippen LogP contribution is -1.91. The number of hydrogen-bond donors (Lipinski definition) is 0. The first-order valence-corrected chi connectivity index (χ1v) is 3.56. The van der Waals surface area contributed by atoms with E-state index in [1.807, 2.05) is 0 Å². The van der Waals surface area contributed by atoms with Gasteiger partial charge in [0.1, 0.15) is 0 Å². The molecule has 0 bridgehead atoms. The van der Waals surface area contributed by atoms with Crippen molar-refractivity contribution in [1.82, 2.24) is 0 Å². The maximum Gasteiger partial charge on any atom is 0.388 e. The normalized spacial score (nSPS) is 5.75. The minimum Gasteiger partial charge on any atom is -0.426 e. The van der Waals surface area contributed by atoms with Gasteiger partial charge in [-0.2, -0.15) is 0 Å². The molecule has 16 heavy (non-hydrogen) atoms. The molecule has 0 amide bonds. The van der Waals surface area contributed by atoms with E-state index in [-0.39, 0.29) is 0 Å². The lowest BCUT2D eigenvalue weighted by atomic mass is 10.7. The summed E-state index contributed by atoms with van der Waals surface area (Å²) >= 11 is 0. The van der Waals surface area contributed by atoms with Crippen LogP contribution < -0.4 is 0 Å². The summed E-state index contributed by atoms with van der Waals surface area (Å²) in [7, 11) is 0.500. The molecular weight excluding hydrogens is 215 g/mol. The molecule has 0 N–H and O–H groups in total. The Labute approximate surface area is 93.7 Å². The van der Waals surface area contributed by atoms with E-state index in [1.54, 1.807) is 11.8 Å². The Morgan fingerprint density at radius 3 is 1.38 bits per heavy atom. The van der Waals surface area contributed by atoms with Gasteiger partial charge in [0.2, 0.25) is 0 Å². The van der Waals surface area contributed by atoms with Crippen LogP contribution in [-0.2, 0) is 19.1 Å². The van der Waals surface area contributed by atoms with Crippen molar-refractivity contribution in [3.63, 3.8) is 0 Å². The third kappa shape index (κ3) is 22.5. The van der Waals surface area contributed by atoms with Gasteiger partial charge in [0, 0.05) is 11.8 Å². The van der Waals surface area contributed by atoms with Gasteiger partial charge in [0.05, 0.1) is 19.7 Å². The quantitative estimate of drug-likeness (QED) is 0.307. The largest absolute Gasteiger partial charge is 0.426 e. The first-order valence-electron chi connectivity index (χ1n) is 3.56. The predicted octanol–water partition coefficient (Wildman–Crippen LogP) is 1.20. The zero-order valence-corrected chi connectivity index (χ0v) is 8.73. The summed E-state index contributed by atoms with van der Waals surface area (Å²) in [5.74, 6) is 2.04. The molecule has 0 saturated carbocycles. The number of carbonyl (C=O) groups excluding carboxylic acids is 2. The summed E-state index contributed by atoms with van der Waals surface area (Å²) in [6, 6.07) is 0. The highest BCUT2D eigenvalue weighted by Gasteiger charge is 1.86. The van der Waals surface area contributed by atoms with Gasteiger partial charge < -0.3 is 9.47 Å². The van der Waals surface area contributed by atoms with Crippen molar-refractivity contribution < 1.29 is 23.5 Å². The molecule has 0 aromatic carbocycles. The van der Waals surface area contributed by atoms with E-state index in [0.29, 0.717) is 7.18 Å². The average Bonchev–Trinajstić information content (AvgIpc) is 2.33. The van der Waals surface area contributed by atoms with E-state index in [1.165, 1.54) is 0 Å². The summed E-state index contributed by atoms with van der Waals surface area (Å²) < 4.78 is 17.7. The molecule has 0 aromatic rings. The van der Waals surface area contributed by atoms with Crippen LogP contribution >= 0.6 is 0 Å². The zero-order valence-electron chi connectivity index (χ0n) is 8.73. The number of carbonyl (C=O) groups is 2. The molecule has 0 aliphatic heterocycles. The van der Waals surface area contributed by atoms with Crippen LogP contribution in [0.3, 0.4) is 0 Å². The summed E-state index contributed by atoms with van der Waals surface area (Å²) in [6.45, 7) is 6.22. The second-order valence-corrected chi connectivity index (χ2v) is 1.43. The van der Waals surface area contributed by atoms with Gasteiger partial charge >= 0.3 is 11.9 Å². The number of esters is 2. The van der Waals surface area contributed by atoms with Crippen LogP contribution in [0.4, 0.5) is 4.39 Å².